The van der Waals surface area contributed by atoms with Gasteiger partial charge in [0.25, 0.3) is 0 Å². The van der Waals surface area contributed by atoms with Crippen LogP contribution in [-0.4, -0.2) is 29.2 Å². The van der Waals surface area contributed by atoms with Gasteiger partial charge in [-0.3, -0.25) is 4.90 Å². The Labute approximate surface area is 85.2 Å². The highest BCUT2D eigenvalue weighted by atomic mass is 16.3. The maximum absolute atomic E-state index is 9.45. The van der Waals surface area contributed by atoms with Crippen molar-refractivity contribution in [1.29, 1.82) is 0 Å². The van der Waals surface area contributed by atoms with Gasteiger partial charge < -0.3 is 5.11 Å². The summed E-state index contributed by atoms with van der Waals surface area (Å²) in [6, 6.07) is 10.9. The van der Waals surface area contributed by atoms with Gasteiger partial charge in [-0.05, 0) is 18.9 Å². The lowest BCUT2D eigenvalue weighted by Gasteiger charge is -2.24. The molecule has 1 unspecified atom stereocenters. The second-order valence-electron chi connectivity index (χ2n) is 4.02. The van der Waals surface area contributed by atoms with E-state index in [4.69, 9.17) is 0 Å². The number of nitrogens with zero attached hydrogens (tertiary/aromatic N) is 1. The SMILES string of the molecule is CC(c1ccccc1)N1CC[C@H](O)C1. The Morgan fingerprint density at radius 3 is 2.64 bits per heavy atom. The highest BCUT2D eigenvalue weighted by Crippen LogP contribution is 2.24. The predicted molar refractivity (Wildman–Crippen MR) is 57.1 cm³/mol. The molecule has 2 atom stereocenters. The third kappa shape index (κ3) is 1.97. The zero-order chi connectivity index (χ0) is 9.97. The Morgan fingerprint density at radius 1 is 1.36 bits per heavy atom. The van der Waals surface area contributed by atoms with E-state index in [-0.39, 0.29) is 6.10 Å². The van der Waals surface area contributed by atoms with Crippen molar-refractivity contribution < 1.29 is 5.11 Å². The molecule has 0 saturated carbocycles. The van der Waals surface area contributed by atoms with Crippen molar-refractivity contribution >= 4 is 0 Å². The lowest BCUT2D eigenvalue weighted by molar-refractivity contribution is 0.163. The molecule has 0 spiro atoms. The molecule has 0 bridgehead atoms. The topological polar surface area (TPSA) is 23.5 Å². The van der Waals surface area contributed by atoms with Gasteiger partial charge in [0.1, 0.15) is 0 Å². The summed E-state index contributed by atoms with van der Waals surface area (Å²) in [4.78, 5) is 2.33. The standard InChI is InChI=1S/C12H17NO/c1-10(11-5-3-2-4-6-11)13-8-7-12(14)9-13/h2-6,10,12,14H,7-9H2,1H3/t10?,12-/m0/s1. The molecule has 1 saturated heterocycles. The molecule has 0 amide bonds. The molecular formula is C12H17NO. The Morgan fingerprint density at radius 2 is 2.07 bits per heavy atom. The molecular weight excluding hydrogens is 174 g/mol. The molecule has 0 radical (unpaired) electrons. The summed E-state index contributed by atoms with van der Waals surface area (Å²) in [6.45, 7) is 4.03. The molecule has 1 aliphatic rings. The highest BCUT2D eigenvalue weighted by molar-refractivity contribution is 5.18. The van der Waals surface area contributed by atoms with E-state index >= 15 is 0 Å². The summed E-state index contributed by atoms with van der Waals surface area (Å²) in [6.07, 6.45) is 0.790. The number of rotatable bonds is 2. The quantitative estimate of drug-likeness (QED) is 0.770. The van der Waals surface area contributed by atoms with E-state index in [0.717, 1.165) is 19.5 Å². The minimum atomic E-state index is -0.124. The molecule has 1 heterocycles. The zero-order valence-corrected chi connectivity index (χ0v) is 8.56. The fraction of sp³-hybridized carbons (Fsp3) is 0.500. The molecule has 1 aromatic carbocycles. The summed E-state index contributed by atoms with van der Waals surface area (Å²) < 4.78 is 0. The predicted octanol–water partition coefficient (Wildman–Crippen LogP) is 1.81. The molecule has 1 aliphatic heterocycles. The third-order valence-corrected chi connectivity index (χ3v) is 3.02. The first-order chi connectivity index (χ1) is 6.77. The van der Waals surface area contributed by atoms with Gasteiger partial charge in [-0.2, -0.15) is 0 Å². The fourth-order valence-corrected chi connectivity index (χ4v) is 2.06. The van der Waals surface area contributed by atoms with E-state index in [1.807, 2.05) is 6.07 Å². The van der Waals surface area contributed by atoms with Crippen LogP contribution in [0.3, 0.4) is 0 Å². The number of benzene rings is 1. The monoisotopic (exact) mass is 191 g/mol. The van der Waals surface area contributed by atoms with E-state index in [1.54, 1.807) is 0 Å². The van der Waals surface area contributed by atoms with Crippen LogP contribution in [0.1, 0.15) is 24.9 Å². The number of hydrogen-bond acceptors (Lipinski definition) is 2. The van der Waals surface area contributed by atoms with Gasteiger partial charge in [-0.1, -0.05) is 30.3 Å². The molecule has 1 aromatic rings. The molecule has 2 heteroatoms. The molecule has 1 N–H and O–H groups in total. The van der Waals surface area contributed by atoms with Crippen molar-refractivity contribution in [3.63, 3.8) is 0 Å². The molecule has 14 heavy (non-hydrogen) atoms. The van der Waals surface area contributed by atoms with Crippen LogP contribution in [-0.2, 0) is 0 Å². The molecule has 1 fully saturated rings. The number of aliphatic hydroxyl groups excluding tert-OH is 1. The van der Waals surface area contributed by atoms with Crippen LogP contribution >= 0.6 is 0 Å². The molecule has 76 valence electrons. The van der Waals surface area contributed by atoms with Crippen LogP contribution < -0.4 is 0 Å². The van der Waals surface area contributed by atoms with Crippen molar-refractivity contribution in [2.24, 2.45) is 0 Å². The average molecular weight is 191 g/mol. The van der Waals surface area contributed by atoms with Crippen molar-refractivity contribution in [2.75, 3.05) is 13.1 Å². The summed E-state index contributed by atoms with van der Waals surface area (Å²) >= 11 is 0. The van der Waals surface area contributed by atoms with Crippen molar-refractivity contribution in [2.45, 2.75) is 25.5 Å². The average Bonchev–Trinajstić information content (AvgIpc) is 2.65. The van der Waals surface area contributed by atoms with Crippen LogP contribution in [0.15, 0.2) is 30.3 Å². The lowest BCUT2D eigenvalue weighted by atomic mass is 10.1. The number of hydrogen-bond donors (Lipinski definition) is 1. The van der Waals surface area contributed by atoms with Crippen LogP contribution in [0, 0.1) is 0 Å². The van der Waals surface area contributed by atoms with Crippen LogP contribution in [0.4, 0.5) is 0 Å². The molecule has 2 rings (SSSR count). The van der Waals surface area contributed by atoms with Gasteiger partial charge in [0.2, 0.25) is 0 Å². The number of β-amino-alcohol motifs (C(OH)–C–C–N with tert-alkyl or cyclic N) is 1. The molecule has 2 nitrogen and oxygen atoms in total. The van der Waals surface area contributed by atoms with Crippen molar-refractivity contribution in [1.82, 2.24) is 4.90 Å². The van der Waals surface area contributed by atoms with E-state index < -0.39 is 0 Å². The smallest absolute Gasteiger partial charge is 0.0679 e. The first-order valence-electron chi connectivity index (χ1n) is 5.24. The first-order valence-corrected chi connectivity index (χ1v) is 5.24. The maximum atomic E-state index is 9.45. The van der Waals surface area contributed by atoms with Crippen LogP contribution in [0.5, 0.6) is 0 Å². The summed E-state index contributed by atoms with van der Waals surface area (Å²) in [5.41, 5.74) is 1.33. The zero-order valence-electron chi connectivity index (χ0n) is 8.56. The number of likely N-dealkylation sites (tertiary alicyclic amines) is 1. The van der Waals surface area contributed by atoms with Gasteiger partial charge in [0.05, 0.1) is 6.10 Å². The summed E-state index contributed by atoms with van der Waals surface area (Å²) in [5.74, 6) is 0. The van der Waals surface area contributed by atoms with E-state index in [2.05, 4.69) is 36.1 Å². The minimum absolute atomic E-state index is 0.124. The largest absolute Gasteiger partial charge is 0.392 e. The molecule has 0 aliphatic carbocycles. The van der Waals surface area contributed by atoms with Crippen LogP contribution in [0.25, 0.3) is 0 Å². The Balaban J connectivity index is 2.05. The second-order valence-corrected chi connectivity index (χ2v) is 4.02. The van der Waals surface area contributed by atoms with Crippen molar-refractivity contribution in [3.05, 3.63) is 35.9 Å². The van der Waals surface area contributed by atoms with Gasteiger partial charge in [0.15, 0.2) is 0 Å². The van der Waals surface area contributed by atoms with Gasteiger partial charge in [-0.25, -0.2) is 0 Å². The summed E-state index contributed by atoms with van der Waals surface area (Å²) in [7, 11) is 0. The third-order valence-electron chi connectivity index (χ3n) is 3.02. The second kappa shape index (κ2) is 4.11. The fourth-order valence-electron chi connectivity index (χ4n) is 2.06. The van der Waals surface area contributed by atoms with E-state index in [9.17, 15) is 5.11 Å². The minimum Gasteiger partial charge on any atom is -0.392 e. The summed E-state index contributed by atoms with van der Waals surface area (Å²) in [5, 5.41) is 9.45. The van der Waals surface area contributed by atoms with Crippen LogP contribution in [0.2, 0.25) is 0 Å². The lowest BCUT2D eigenvalue weighted by Crippen LogP contribution is -2.25. The van der Waals surface area contributed by atoms with E-state index in [0.29, 0.717) is 6.04 Å². The molecule has 0 aromatic heterocycles. The normalized spacial score (nSPS) is 25.1. The van der Waals surface area contributed by atoms with Gasteiger partial charge >= 0.3 is 0 Å². The van der Waals surface area contributed by atoms with Gasteiger partial charge in [-0.15, -0.1) is 0 Å². The van der Waals surface area contributed by atoms with Gasteiger partial charge in [0, 0.05) is 19.1 Å². The Hall–Kier alpha value is -0.860. The maximum Gasteiger partial charge on any atom is 0.0679 e. The van der Waals surface area contributed by atoms with Crippen molar-refractivity contribution in [3.8, 4) is 0 Å². The highest BCUT2D eigenvalue weighted by Gasteiger charge is 2.24. The van der Waals surface area contributed by atoms with E-state index in [1.165, 1.54) is 5.56 Å². The number of aliphatic hydroxyl groups is 1. The Kier molecular flexibility index (Phi) is 2.85. The Bertz CT molecular complexity index is 286. The first kappa shape index (κ1) is 9.69.